The molecule has 0 aliphatic heterocycles. The molecule has 0 aromatic carbocycles. The molecule has 18 heavy (non-hydrogen) atoms. The first kappa shape index (κ1) is 14.8. The highest BCUT2D eigenvalue weighted by Gasteiger charge is 2.24. The fraction of sp³-hybridized carbons (Fsp3) is 0.643. The van der Waals surface area contributed by atoms with Gasteiger partial charge >= 0.3 is 5.97 Å². The predicted molar refractivity (Wildman–Crippen MR) is 70.7 cm³/mol. The highest BCUT2D eigenvalue weighted by Crippen LogP contribution is 2.28. The van der Waals surface area contributed by atoms with Crippen LogP contribution in [0.2, 0.25) is 0 Å². The Kier molecular flexibility index (Phi) is 4.96. The number of rotatable bonds is 6. The van der Waals surface area contributed by atoms with E-state index >= 15 is 0 Å². The molecule has 1 heterocycles. The van der Waals surface area contributed by atoms with Gasteiger partial charge in [-0.3, -0.25) is 9.69 Å². The average molecular weight is 253 g/mol. The molecule has 4 nitrogen and oxygen atoms in total. The minimum Gasteiger partial charge on any atom is -0.481 e. The highest BCUT2D eigenvalue weighted by atomic mass is 16.4. The molecule has 0 bridgehead atoms. The second kappa shape index (κ2) is 6.05. The van der Waals surface area contributed by atoms with Crippen molar-refractivity contribution in [1.82, 2.24) is 4.90 Å². The van der Waals surface area contributed by atoms with Crippen LogP contribution in [0.1, 0.15) is 50.3 Å². The quantitative estimate of drug-likeness (QED) is 0.846. The standard InChI is InChI=1S/C14H23NO3/c1-6-15(9(2)7-14(16)17)11(4)13-8-10(3)18-12(13)5/h8-9,11H,6-7H2,1-5H3,(H,16,17). The molecular formula is C14H23NO3. The number of hydrogen-bond acceptors (Lipinski definition) is 3. The number of carbonyl (C=O) groups is 1. The van der Waals surface area contributed by atoms with Gasteiger partial charge in [-0.15, -0.1) is 0 Å². The van der Waals surface area contributed by atoms with E-state index in [1.807, 2.05) is 26.8 Å². The van der Waals surface area contributed by atoms with Gasteiger partial charge < -0.3 is 9.52 Å². The van der Waals surface area contributed by atoms with E-state index in [1.54, 1.807) is 0 Å². The average Bonchev–Trinajstić information content (AvgIpc) is 2.57. The Bertz CT molecular complexity index is 411. The Labute approximate surface area is 109 Å². The van der Waals surface area contributed by atoms with Crippen molar-refractivity contribution < 1.29 is 14.3 Å². The van der Waals surface area contributed by atoms with Crippen molar-refractivity contribution in [1.29, 1.82) is 0 Å². The molecule has 1 aromatic heterocycles. The van der Waals surface area contributed by atoms with Crippen molar-refractivity contribution in [2.24, 2.45) is 0 Å². The third-order valence-electron chi connectivity index (χ3n) is 3.43. The first-order valence-corrected chi connectivity index (χ1v) is 6.41. The first-order chi connectivity index (χ1) is 8.36. The van der Waals surface area contributed by atoms with Crippen molar-refractivity contribution in [3.8, 4) is 0 Å². The molecule has 4 heteroatoms. The van der Waals surface area contributed by atoms with Gasteiger partial charge in [-0.1, -0.05) is 6.92 Å². The summed E-state index contributed by atoms with van der Waals surface area (Å²) in [5.41, 5.74) is 1.14. The van der Waals surface area contributed by atoms with Gasteiger partial charge in [-0.25, -0.2) is 0 Å². The van der Waals surface area contributed by atoms with Crippen molar-refractivity contribution in [2.45, 2.75) is 53.1 Å². The molecule has 1 N–H and O–H groups in total. The lowest BCUT2D eigenvalue weighted by Gasteiger charge is -2.32. The van der Waals surface area contributed by atoms with Gasteiger partial charge in [0.05, 0.1) is 6.42 Å². The van der Waals surface area contributed by atoms with Crippen molar-refractivity contribution in [3.05, 3.63) is 23.2 Å². The maximum atomic E-state index is 10.8. The van der Waals surface area contributed by atoms with Crippen molar-refractivity contribution >= 4 is 5.97 Å². The van der Waals surface area contributed by atoms with E-state index in [1.165, 1.54) is 0 Å². The van der Waals surface area contributed by atoms with Crippen LogP contribution in [0, 0.1) is 13.8 Å². The van der Waals surface area contributed by atoms with Crippen LogP contribution in [0.25, 0.3) is 0 Å². The normalized spacial score (nSPS) is 14.8. The minimum absolute atomic E-state index is 0.0112. The molecule has 0 aliphatic carbocycles. The third kappa shape index (κ3) is 3.35. The van der Waals surface area contributed by atoms with E-state index in [4.69, 9.17) is 9.52 Å². The lowest BCUT2D eigenvalue weighted by Crippen LogP contribution is -2.36. The lowest BCUT2D eigenvalue weighted by molar-refractivity contribution is -0.138. The van der Waals surface area contributed by atoms with Gasteiger partial charge in [-0.2, -0.15) is 0 Å². The fourth-order valence-corrected chi connectivity index (χ4v) is 2.58. The summed E-state index contributed by atoms with van der Waals surface area (Å²) in [5.74, 6) is 1.06. The Hall–Kier alpha value is -1.29. The number of nitrogens with zero attached hydrogens (tertiary/aromatic N) is 1. The molecule has 102 valence electrons. The van der Waals surface area contributed by atoms with E-state index in [9.17, 15) is 4.79 Å². The van der Waals surface area contributed by atoms with Gasteiger partial charge in [-0.05, 0) is 40.3 Å². The number of carboxylic acid groups (broad SMARTS) is 1. The Balaban J connectivity index is 2.88. The highest BCUT2D eigenvalue weighted by molar-refractivity contribution is 5.67. The van der Waals surface area contributed by atoms with E-state index in [-0.39, 0.29) is 18.5 Å². The fourth-order valence-electron chi connectivity index (χ4n) is 2.58. The number of hydrogen-bond donors (Lipinski definition) is 1. The molecule has 2 atom stereocenters. The third-order valence-corrected chi connectivity index (χ3v) is 3.43. The summed E-state index contributed by atoms with van der Waals surface area (Å²) in [4.78, 5) is 13.0. The summed E-state index contributed by atoms with van der Waals surface area (Å²) in [6.45, 7) is 10.8. The number of furan rings is 1. The zero-order chi connectivity index (χ0) is 13.9. The van der Waals surface area contributed by atoms with Gasteiger partial charge in [0.15, 0.2) is 0 Å². The van der Waals surface area contributed by atoms with Gasteiger partial charge in [0.2, 0.25) is 0 Å². The number of aryl methyl sites for hydroxylation is 2. The second-order valence-corrected chi connectivity index (χ2v) is 4.82. The minimum atomic E-state index is -0.756. The Morgan fingerprint density at radius 2 is 2.06 bits per heavy atom. The van der Waals surface area contributed by atoms with E-state index in [0.717, 1.165) is 23.6 Å². The Morgan fingerprint density at radius 3 is 2.44 bits per heavy atom. The van der Waals surface area contributed by atoms with Crippen LogP contribution < -0.4 is 0 Å². The number of aliphatic carboxylic acids is 1. The van der Waals surface area contributed by atoms with Crippen LogP contribution in [0.5, 0.6) is 0 Å². The van der Waals surface area contributed by atoms with Crippen LogP contribution in [0.15, 0.2) is 10.5 Å². The summed E-state index contributed by atoms with van der Waals surface area (Å²) in [5, 5.41) is 8.89. The Morgan fingerprint density at radius 1 is 1.44 bits per heavy atom. The summed E-state index contributed by atoms with van der Waals surface area (Å²) >= 11 is 0. The maximum absolute atomic E-state index is 10.8. The van der Waals surface area contributed by atoms with Gasteiger partial charge in [0, 0.05) is 17.6 Å². The van der Waals surface area contributed by atoms with Crippen LogP contribution in [-0.2, 0) is 4.79 Å². The summed E-state index contributed by atoms with van der Waals surface area (Å²) < 4.78 is 5.55. The van der Waals surface area contributed by atoms with E-state index in [2.05, 4.69) is 18.7 Å². The molecule has 0 radical (unpaired) electrons. The predicted octanol–water partition coefficient (Wildman–Crippen LogP) is 3.14. The largest absolute Gasteiger partial charge is 0.481 e. The maximum Gasteiger partial charge on any atom is 0.304 e. The molecule has 0 saturated heterocycles. The topological polar surface area (TPSA) is 53.7 Å². The van der Waals surface area contributed by atoms with Gasteiger partial charge in [0.25, 0.3) is 0 Å². The molecule has 2 unspecified atom stereocenters. The SMILES string of the molecule is CCN(C(C)CC(=O)O)C(C)c1cc(C)oc1C. The molecule has 0 aliphatic rings. The monoisotopic (exact) mass is 253 g/mol. The van der Waals surface area contributed by atoms with Crippen LogP contribution >= 0.6 is 0 Å². The van der Waals surface area contributed by atoms with Crippen LogP contribution in [-0.4, -0.2) is 28.6 Å². The number of carboxylic acids is 1. The molecule has 0 amide bonds. The van der Waals surface area contributed by atoms with Crippen molar-refractivity contribution in [2.75, 3.05) is 6.54 Å². The molecule has 1 rings (SSSR count). The second-order valence-electron chi connectivity index (χ2n) is 4.82. The van der Waals surface area contributed by atoms with Crippen LogP contribution in [0.4, 0.5) is 0 Å². The summed E-state index contributed by atoms with van der Waals surface area (Å²) in [6.07, 6.45) is 0.161. The zero-order valence-electron chi connectivity index (χ0n) is 11.9. The molecule has 0 saturated carbocycles. The molecule has 1 aromatic rings. The smallest absolute Gasteiger partial charge is 0.304 e. The lowest BCUT2D eigenvalue weighted by atomic mass is 10.0. The van der Waals surface area contributed by atoms with E-state index in [0.29, 0.717) is 0 Å². The van der Waals surface area contributed by atoms with E-state index < -0.39 is 5.97 Å². The zero-order valence-corrected chi connectivity index (χ0v) is 11.9. The molecule has 0 spiro atoms. The molecule has 0 fully saturated rings. The van der Waals surface area contributed by atoms with Crippen molar-refractivity contribution in [3.63, 3.8) is 0 Å². The first-order valence-electron chi connectivity index (χ1n) is 6.41. The van der Waals surface area contributed by atoms with Crippen LogP contribution in [0.3, 0.4) is 0 Å². The summed E-state index contributed by atoms with van der Waals surface area (Å²) in [7, 11) is 0. The summed E-state index contributed by atoms with van der Waals surface area (Å²) in [6, 6.07) is 2.22. The van der Waals surface area contributed by atoms with Gasteiger partial charge in [0.1, 0.15) is 11.5 Å². The molecular weight excluding hydrogens is 230 g/mol.